The lowest BCUT2D eigenvalue weighted by molar-refractivity contribution is -0.192. The fourth-order valence-electron chi connectivity index (χ4n) is 4.08. The minimum atomic E-state index is -5.08. The van der Waals surface area contributed by atoms with Crippen molar-refractivity contribution in [3.8, 4) is 0 Å². The summed E-state index contributed by atoms with van der Waals surface area (Å²) in [5, 5.41) is 29.9. The Labute approximate surface area is 274 Å². The van der Waals surface area contributed by atoms with Gasteiger partial charge in [-0.3, -0.25) is 30.0 Å². The van der Waals surface area contributed by atoms with Crippen LogP contribution >= 0.6 is 0 Å². The van der Waals surface area contributed by atoms with Crippen LogP contribution in [0.5, 0.6) is 0 Å². The Kier molecular flexibility index (Phi) is 16.0. The summed E-state index contributed by atoms with van der Waals surface area (Å²) < 4.78 is 31.7. The van der Waals surface area contributed by atoms with Gasteiger partial charge in [-0.1, -0.05) is 54.6 Å². The van der Waals surface area contributed by atoms with Crippen molar-refractivity contribution in [2.24, 2.45) is 23.1 Å². The first-order valence-electron chi connectivity index (χ1n) is 14.3. The van der Waals surface area contributed by atoms with Crippen LogP contribution in [0.2, 0.25) is 0 Å². The number of nitrogens with zero attached hydrogens (tertiary/aromatic N) is 1. The summed E-state index contributed by atoms with van der Waals surface area (Å²) in [5.74, 6) is -6.72. The maximum Gasteiger partial charge on any atom is 0.490 e. The third-order valence-electron chi connectivity index (χ3n) is 6.56. The predicted molar refractivity (Wildman–Crippen MR) is 169 cm³/mol. The molecule has 4 amide bonds. The fourth-order valence-corrected chi connectivity index (χ4v) is 4.08. The van der Waals surface area contributed by atoms with Gasteiger partial charge in [0.1, 0.15) is 23.8 Å². The Bertz CT molecular complexity index is 1440. The summed E-state index contributed by atoms with van der Waals surface area (Å²) in [6.07, 6.45) is -4.35. The molecule has 18 heteroatoms. The standard InChI is InChI=1S/C28H39N9O4.C2HF3O2/c1-37(2)27(41)20(15-18-10-12-19(13-11-18)23(29)30)25(39)36-22(16-17-7-4-3-5-8-17)26(40)35-21(24(31)38)9-6-14-34-28(32)33;3-2(4,5)1(6)7/h3-5,7-8,10-13,20-22H,6,9,14-16H2,1-2H3,(H3,29,30)(H2,31,38)(H,35,40)(H,36,39)(H4,32,33,34);(H,6,7)/t20?,21-,22-;/m0./s1. The lowest BCUT2D eigenvalue weighted by Gasteiger charge is -2.25. The van der Waals surface area contributed by atoms with Crippen molar-refractivity contribution < 1.29 is 42.3 Å². The van der Waals surface area contributed by atoms with E-state index < -0.39 is 53.8 Å². The maximum absolute atomic E-state index is 13.5. The van der Waals surface area contributed by atoms with Crippen LogP contribution in [0.3, 0.4) is 0 Å². The lowest BCUT2D eigenvalue weighted by Crippen LogP contribution is -2.55. The second-order valence-corrected chi connectivity index (χ2v) is 10.6. The monoisotopic (exact) mass is 679 g/mol. The number of guanidine groups is 1. The van der Waals surface area contributed by atoms with Crippen molar-refractivity contribution in [2.75, 3.05) is 20.6 Å². The van der Waals surface area contributed by atoms with E-state index in [-0.39, 0.29) is 31.1 Å². The number of benzene rings is 2. The molecule has 0 aliphatic heterocycles. The number of hydrogen-bond acceptors (Lipinski definition) is 7. The van der Waals surface area contributed by atoms with Gasteiger partial charge in [-0.2, -0.15) is 13.2 Å². The summed E-state index contributed by atoms with van der Waals surface area (Å²) in [4.78, 5) is 62.3. The zero-order valence-corrected chi connectivity index (χ0v) is 26.3. The molecule has 0 saturated heterocycles. The van der Waals surface area contributed by atoms with E-state index in [9.17, 15) is 32.3 Å². The number of halogens is 3. The van der Waals surface area contributed by atoms with Crippen LogP contribution < -0.4 is 33.2 Å². The molecule has 0 heterocycles. The van der Waals surface area contributed by atoms with Crippen LogP contribution in [0.4, 0.5) is 13.2 Å². The van der Waals surface area contributed by atoms with Gasteiger partial charge in [0.05, 0.1) is 0 Å². The van der Waals surface area contributed by atoms with Gasteiger partial charge in [0, 0.05) is 32.6 Å². The molecular formula is C30H40F3N9O6. The average molecular weight is 680 g/mol. The van der Waals surface area contributed by atoms with E-state index in [1.54, 1.807) is 48.5 Å². The van der Waals surface area contributed by atoms with Crippen LogP contribution in [-0.4, -0.2) is 90.3 Å². The predicted octanol–water partition coefficient (Wildman–Crippen LogP) is -0.188. The molecule has 0 aliphatic carbocycles. The largest absolute Gasteiger partial charge is 0.490 e. The number of aliphatic carboxylic acids is 1. The van der Waals surface area contributed by atoms with E-state index in [0.29, 0.717) is 24.1 Å². The van der Waals surface area contributed by atoms with E-state index in [1.807, 2.05) is 6.07 Å². The van der Waals surface area contributed by atoms with Crippen molar-refractivity contribution >= 4 is 41.4 Å². The molecular weight excluding hydrogens is 639 g/mol. The van der Waals surface area contributed by atoms with Gasteiger partial charge >= 0.3 is 12.1 Å². The number of nitrogens with two attached hydrogens (primary N) is 3. The Morgan fingerprint density at radius 3 is 1.81 bits per heavy atom. The van der Waals surface area contributed by atoms with E-state index in [0.717, 1.165) is 5.56 Å². The molecule has 262 valence electrons. The van der Waals surface area contributed by atoms with E-state index in [1.165, 1.54) is 19.0 Å². The van der Waals surface area contributed by atoms with Gasteiger partial charge in [-0.25, -0.2) is 4.79 Å². The molecule has 2 aromatic rings. The normalized spacial score (nSPS) is 12.5. The smallest absolute Gasteiger partial charge is 0.475 e. The third-order valence-corrected chi connectivity index (χ3v) is 6.56. The molecule has 48 heavy (non-hydrogen) atoms. The highest BCUT2D eigenvalue weighted by Gasteiger charge is 2.38. The molecule has 0 fully saturated rings. The summed E-state index contributed by atoms with van der Waals surface area (Å²) in [6.45, 7) is 0.306. The van der Waals surface area contributed by atoms with Gasteiger partial charge < -0.3 is 43.2 Å². The van der Waals surface area contributed by atoms with Crippen molar-refractivity contribution in [3.05, 3.63) is 71.3 Å². The summed E-state index contributed by atoms with van der Waals surface area (Å²) in [5.41, 5.74) is 18.2. The fraction of sp³-hybridized carbons (Fsp3) is 0.367. The number of carbonyl (C=O) groups excluding carboxylic acids is 4. The van der Waals surface area contributed by atoms with Crippen molar-refractivity contribution in [3.63, 3.8) is 0 Å². The van der Waals surface area contributed by atoms with Gasteiger partial charge in [0.2, 0.25) is 23.6 Å². The number of nitrogens with one attached hydrogen (secondary N) is 5. The number of amides is 4. The average Bonchev–Trinajstić information content (AvgIpc) is 3.00. The van der Waals surface area contributed by atoms with Gasteiger partial charge in [0.25, 0.3) is 0 Å². The van der Waals surface area contributed by atoms with E-state index in [4.69, 9.17) is 37.9 Å². The number of carbonyl (C=O) groups is 5. The highest BCUT2D eigenvalue weighted by molar-refractivity contribution is 6.02. The SMILES string of the molecule is CN(C)C(=O)C(Cc1ccc(C(=N)N)cc1)C(=O)N[C@@H](Cc1ccccc1)C(=O)N[C@@H](CCCNC(=N)N)C(N)=O.O=C(O)C(F)(F)F. The minimum Gasteiger partial charge on any atom is -0.475 e. The van der Waals surface area contributed by atoms with Crippen LogP contribution in [-0.2, 0) is 36.8 Å². The Morgan fingerprint density at radius 2 is 1.35 bits per heavy atom. The molecule has 0 bridgehead atoms. The molecule has 0 aliphatic rings. The minimum absolute atomic E-state index is 0.0494. The number of nitrogen functional groups attached to an aromatic ring is 1. The van der Waals surface area contributed by atoms with E-state index in [2.05, 4.69) is 16.0 Å². The second-order valence-electron chi connectivity index (χ2n) is 10.6. The summed E-state index contributed by atoms with van der Waals surface area (Å²) in [6, 6.07) is 13.5. The van der Waals surface area contributed by atoms with Crippen molar-refractivity contribution in [2.45, 2.75) is 43.9 Å². The zero-order valence-electron chi connectivity index (χ0n) is 26.3. The van der Waals surface area contributed by atoms with Crippen LogP contribution in [0.1, 0.15) is 29.5 Å². The first-order chi connectivity index (χ1) is 22.3. The Hall–Kier alpha value is -5.68. The first-order valence-corrected chi connectivity index (χ1v) is 14.3. The Morgan fingerprint density at radius 1 is 0.833 bits per heavy atom. The number of carboxylic acids is 1. The number of primary amides is 1. The summed E-state index contributed by atoms with van der Waals surface area (Å²) in [7, 11) is 3.07. The molecule has 0 aromatic heterocycles. The molecule has 0 radical (unpaired) electrons. The molecule has 0 saturated carbocycles. The second kappa shape index (κ2) is 19.1. The van der Waals surface area contributed by atoms with Crippen molar-refractivity contribution in [1.29, 1.82) is 10.8 Å². The van der Waals surface area contributed by atoms with E-state index >= 15 is 0 Å². The molecule has 2 rings (SSSR count). The highest BCUT2D eigenvalue weighted by Crippen LogP contribution is 2.15. The maximum atomic E-state index is 13.5. The zero-order chi connectivity index (χ0) is 36.6. The van der Waals surface area contributed by atoms with Gasteiger partial charge in [0.15, 0.2) is 5.96 Å². The molecule has 1 unspecified atom stereocenters. The topological polar surface area (TPSA) is 271 Å². The quantitative estimate of drug-likeness (QED) is 0.0522. The number of alkyl halides is 3. The molecule has 12 N–H and O–H groups in total. The number of carboxylic acid groups (broad SMARTS) is 1. The number of amidine groups is 1. The highest BCUT2D eigenvalue weighted by atomic mass is 19.4. The van der Waals surface area contributed by atoms with Crippen molar-refractivity contribution in [1.82, 2.24) is 20.9 Å². The van der Waals surface area contributed by atoms with Crippen LogP contribution in [0.25, 0.3) is 0 Å². The first kappa shape index (κ1) is 40.3. The van der Waals surface area contributed by atoms with Gasteiger partial charge in [-0.05, 0) is 30.4 Å². The Balaban J connectivity index is 0.00000148. The molecule has 15 nitrogen and oxygen atoms in total. The number of hydrogen-bond donors (Lipinski definition) is 9. The van der Waals surface area contributed by atoms with Gasteiger partial charge in [-0.15, -0.1) is 0 Å². The van der Waals surface area contributed by atoms with Crippen LogP contribution in [0, 0.1) is 16.7 Å². The molecule has 0 spiro atoms. The number of rotatable bonds is 15. The third kappa shape index (κ3) is 14.6. The van der Waals surface area contributed by atoms with Crippen LogP contribution in [0.15, 0.2) is 54.6 Å². The molecule has 3 atom stereocenters. The lowest BCUT2D eigenvalue weighted by atomic mass is 9.95. The molecule has 2 aromatic carbocycles. The summed E-state index contributed by atoms with van der Waals surface area (Å²) >= 11 is 0.